The van der Waals surface area contributed by atoms with Crippen LogP contribution in [0.1, 0.15) is 57.9 Å². The zero-order chi connectivity index (χ0) is 18.1. The summed E-state index contributed by atoms with van der Waals surface area (Å²) in [7, 11) is 0. The first-order valence-electron chi connectivity index (χ1n) is 7.78. The normalized spacial score (nSPS) is 15.0. The number of ketones is 1. The standard InChI is InChI=1S/C17H16ClNO5S/c1-3-23-17(21)14-13(16(24-19-14)9-4-5-9)15(20)11-7-6-10(25(2)22)8-12(11)18/h6-9H,3-5H2,1-2H3. The van der Waals surface area contributed by atoms with Crippen molar-refractivity contribution < 1.29 is 23.4 Å². The molecule has 0 N–H and O–H groups in total. The lowest BCUT2D eigenvalue weighted by Gasteiger charge is -2.08. The summed E-state index contributed by atoms with van der Waals surface area (Å²) in [5, 5.41) is 3.92. The van der Waals surface area contributed by atoms with Crippen molar-refractivity contribution in [2.45, 2.75) is 30.6 Å². The topological polar surface area (TPSA) is 92.5 Å². The Morgan fingerprint density at radius 1 is 1.44 bits per heavy atom. The Balaban J connectivity index is 2.04. The molecule has 1 heterocycles. The molecule has 0 spiro atoms. The Hall–Kier alpha value is -1.83. The van der Waals surface area contributed by atoms with E-state index in [0.29, 0.717) is 10.7 Å². The lowest BCUT2D eigenvalue weighted by molar-refractivity contribution is 0.0512. The third-order valence-corrected chi connectivity index (χ3v) is 5.11. The van der Waals surface area contributed by atoms with E-state index in [-0.39, 0.29) is 34.4 Å². The Morgan fingerprint density at radius 2 is 2.16 bits per heavy atom. The Labute approximate surface area is 152 Å². The van der Waals surface area contributed by atoms with E-state index in [1.807, 2.05) is 0 Å². The van der Waals surface area contributed by atoms with Crippen molar-refractivity contribution in [3.05, 3.63) is 45.8 Å². The van der Waals surface area contributed by atoms with Crippen molar-refractivity contribution in [2.24, 2.45) is 0 Å². The number of hydrogen-bond donors (Lipinski definition) is 0. The molecule has 132 valence electrons. The van der Waals surface area contributed by atoms with Crippen LogP contribution in [0.4, 0.5) is 0 Å². The minimum atomic E-state index is -1.21. The highest BCUT2D eigenvalue weighted by atomic mass is 35.5. The molecule has 3 rings (SSSR count). The van der Waals surface area contributed by atoms with Crippen LogP contribution in [0.25, 0.3) is 0 Å². The van der Waals surface area contributed by atoms with Gasteiger partial charge in [0.1, 0.15) is 11.8 Å². The van der Waals surface area contributed by atoms with Crippen molar-refractivity contribution in [2.75, 3.05) is 12.9 Å². The fraction of sp³-hybridized carbons (Fsp3) is 0.353. The van der Waals surface area contributed by atoms with Crippen molar-refractivity contribution in [1.82, 2.24) is 5.16 Å². The second kappa shape index (κ2) is 7.19. The predicted octanol–water partition coefficient (Wildman–Crippen LogP) is 3.35. The van der Waals surface area contributed by atoms with E-state index in [9.17, 15) is 14.1 Å². The van der Waals surface area contributed by atoms with Crippen molar-refractivity contribution >= 4 is 34.5 Å². The molecule has 6 nitrogen and oxygen atoms in total. The summed E-state index contributed by atoms with van der Waals surface area (Å²) in [6, 6.07) is 4.56. The Kier molecular flexibility index (Phi) is 5.17. The van der Waals surface area contributed by atoms with Gasteiger partial charge in [-0.05, 0) is 43.1 Å². The maximum atomic E-state index is 13.0. The van der Waals surface area contributed by atoms with Gasteiger partial charge in [0.2, 0.25) is 11.5 Å². The molecule has 1 unspecified atom stereocenters. The number of rotatable bonds is 6. The molecule has 1 aliphatic carbocycles. The van der Waals surface area contributed by atoms with E-state index in [2.05, 4.69) is 5.16 Å². The molecule has 1 saturated carbocycles. The zero-order valence-electron chi connectivity index (χ0n) is 13.7. The van der Waals surface area contributed by atoms with Gasteiger partial charge in [-0.1, -0.05) is 16.8 Å². The smallest absolute Gasteiger partial charge is 0.361 e. The summed E-state index contributed by atoms with van der Waals surface area (Å²) in [4.78, 5) is 25.7. The van der Waals surface area contributed by atoms with Crippen molar-refractivity contribution in [3.63, 3.8) is 0 Å². The van der Waals surface area contributed by atoms with Gasteiger partial charge in [0.15, 0.2) is 10.7 Å². The summed E-state index contributed by atoms with van der Waals surface area (Å²) in [6.07, 6.45) is 3.27. The number of esters is 1. The predicted molar refractivity (Wildman–Crippen MR) is 91.7 cm³/mol. The maximum Gasteiger partial charge on any atom is 0.361 e. The average molecular weight is 382 g/mol. The van der Waals surface area contributed by atoms with Crippen LogP contribution in [0.5, 0.6) is 0 Å². The summed E-state index contributed by atoms with van der Waals surface area (Å²) < 4.78 is 21.8. The highest BCUT2D eigenvalue weighted by molar-refractivity contribution is 7.90. The van der Waals surface area contributed by atoms with Crippen LogP contribution < -0.4 is 0 Å². The molecule has 0 radical (unpaired) electrons. The largest absolute Gasteiger partial charge is 0.612 e. The van der Waals surface area contributed by atoms with Crippen molar-refractivity contribution in [3.8, 4) is 0 Å². The molecular weight excluding hydrogens is 366 g/mol. The average Bonchev–Trinajstić information content (AvgIpc) is 3.32. The number of hydrogen-bond acceptors (Lipinski definition) is 6. The SMILES string of the molecule is CCOC(=O)c1noc(C2CC2)c1C(=O)c1ccc([S+](C)[O-])cc1Cl. The van der Waals surface area contributed by atoms with E-state index >= 15 is 0 Å². The van der Waals surface area contributed by atoms with Gasteiger partial charge in [-0.2, -0.15) is 0 Å². The summed E-state index contributed by atoms with van der Waals surface area (Å²) >= 11 is 4.99. The summed E-state index contributed by atoms with van der Waals surface area (Å²) in [6.45, 7) is 1.83. The fourth-order valence-electron chi connectivity index (χ4n) is 2.48. The van der Waals surface area contributed by atoms with Gasteiger partial charge < -0.3 is 13.8 Å². The molecule has 2 aromatic rings. The third-order valence-electron chi connectivity index (χ3n) is 3.88. The monoisotopic (exact) mass is 381 g/mol. The van der Waals surface area contributed by atoms with Gasteiger partial charge in [0.05, 0.1) is 11.6 Å². The molecule has 25 heavy (non-hydrogen) atoms. The molecule has 1 fully saturated rings. The number of carbonyl (C=O) groups is 2. The second-order valence-electron chi connectivity index (χ2n) is 5.69. The first kappa shape index (κ1) is 18.0. The first-order chi connectivity index (χ1) is 11.9. The first-order valence-corrected chi connectivity index (χ1v) is 9.72. The fourth-order valence-corrected chi connectivity index (χ4v) is 3.35. The minimum absolute atomic E-state index is 0.0795. The Morgan fingerprint density at radius 3 is 2.72 bits per heavy atom. The lowest BCUT2D eigenvalue weighted by atomic mass is 9.99. The number of carbonyl (C=O) groups excluding carboxylic acids is 2. The van der Waals surface area contributed by atoms with Crippen LogP contribution in [-0.2, 0) is 15.9 Å². The molecule has 0 aliphatic heterocycles. The third kappa shape index (κ3) is 3.58. The second-order valence-corrected chi connectivity index (χ2v) is 7.48. The van der Waals surface area contributed by atoms with Crippen LogP contribution in [0.15, 0.2) is 27.6 Å². The highest BCUT2D eigenvalue weighted by Gasteiger charge is 2.38. The molecule has 1 aromatic carbocycles. The van der Waals surface area contributed by atoms with Gasteiger partial charge in [-0.15, -0.1) is 0 Å². The molecule has 1 aliphatic rings. The molecule has 0 saturated heterocycles. The summed E-state index contributed by atoms with van der Waals surface area (Å²) in [5.74, 6) is -0.684. The number of nitrogens with zero attached hydrogens (tertiary/aromatic N) is 1. The molecule has 8 heteroatoms. The van der Waals surface area contributed by atoms with Crippen LogP contribution >= 0.6 is 11.6 Å². The van der Waals surface area contributed by atoms with Gasteiger partial charge in [-0.3, -0.25) is 4.79 Å². The Bertz CT molecular complexity index is 828. The van der Waals surface area contributed by atoms with E-state index in [1.54, 1.807) is 13.0 Å². The summed E-state index contributed by atoms with van der Waals surface area (Å²) in [5.41, 5.74) is 0.174. The minimum Gasteiger partial charge on any atom is -0.612 e. The highest BCUT2D eigenvalue weighted by Crippen LogP contribution is 2.43. The number of benzene rings is 1. The lowest BCUT2D eigenvalue weighted by Crippen LogP contribution is -2.13. The number of aromatic nitrogens is 1. The zero-order valence-corrected chi connectivity index (χ0v) is 15.3. The van der Waals surface area contributed by atoms with Gasteiger partial charge >= 0.3 is 5.97 Å². The van der Waals surface area contributed by atoms with Crippen LogP contribution in [0.3, 0.4) is 0 Å². The quantitative estimate of drug-likeness (QED) is 0.433. The molecule has 0 bridgehead atoms. The van der Waals surface area contributed by atoms with Crippen LogP contribution in [0.2, 0.25) is 5.02 Å². The maximum absolute atomic E-state index is 13.0. The van der Waals surface area contributed by atoms with Gasteiger partial charge in [0.25, 0.3) is 0 Å². The molecule has 0 amide bonds. The van der Waals surface area contributed by atoms with E-state index in [0.717, 1.165) is 12.8 Å². The van der Waals surface area contributed by atoms with E-state index < -0.39 is 22.9 Å². The van der Waals surface area contributed by atoms with Crippen molar-refractivity contribution in [1.29, 1.82) is 0 Å². The van der Waals surface area contributed by atoms with Gasteiger partial charge in [0, 0.05) is 17.5 Å². The number of halogens is 1. The molecular formula is C17H16ClNO5S. The molecule has 1 atom stereocenters. The molecule has 1 aromatic heterocycles. The van der Waals surface area contributed by atoms with E-state index in [1.165, 1.54) is 18.4 Å². The number of ether oxygens (including phenoxy) is 1. The van der Waals surface area contributed by atoms with Gasteiger partial charge in [-0.25, -0.2) is 4.79 Å². The van der Waals surface area contributed by atoms with E-state index in [4.69, 9.17) is 20.9 Å². The van der Waals surface area contributed by atoms with Crippen LogP contribution in [-0.4, -0.2) is 34.3 Å². The van der Waals surface area contributed by atoms with Crippen LogP contribution in [0, 0.1) is 0 Å².